The van der Waals surface area contributed by atoms with Crippen molar-refractivity contribution < 1.29 is 8.42 Å². The molecular weight excluding hydrogens is 270 g/mol. The van der Waals surface area contributed by atoms with Crippen molar-refractivity contribution in [2.75, 3.05) is 18.6 Å². The molecule has 5 nitrogen and oxygen atoms in total. The Morgan fingerprint density at radius 3 is 2.78 bits per heavy atom. The number of nitriles is 1. The van der Waals surface area contributed by atoms with E-state index in [1.54, 1.807) is 11.8 Å². The van der Waals surface area contributed by atoms with Crippen molar-refractivity contribution in [2.24, 2.45) is 5.92 Å². The molecule has 1 unspecified atom stereocenters. The minimum Gasteiger partial charge on any atom is -0.244 e. The van der Waals surface area contributed by atoms with Gasteiger partial charge in [-0.05, 0) is 30.1 Å². The Balaban J connectivity index is 2.71. The lowest BCUT2D eigenvalue weighted by atomic mass is 10.2. The summed E-state index contributed by atoms with van der Waals surface area (Å²) in [5.74, 6) is 1.16. The summed E-state index contributed by atoms with van der Waals surface area (Å²) in [5.41, 5.74) is 0.199. The van der Waals surface area contributed by atoms with Crippen molar-refractivity contribution in [1.29, 1.82) is 5.26 Å². The summed E-state index contributed by atoms with van der Waals surface area (Å²) in [6, 6.07) is 4.61. The Hall–Kier alpha value is -1.10. The summed E-state index contributed by atoms with van der Waals surface area (Å²) in [6.07, 6.45) is 3.18. The van der Waals surface area contributed by atoms with Gasteiger partial charge in [0.05, 0.1) is 0 Å². The lowest BCUT2D eigenvalue weighted by molar-refractivity contribution is 0.562. The largest absolute Gasteiger partial charge is 0.244 e. The van der Waals surface area contributed by atoms with Gasteiger partial charge in [0.25, 0.3) is 0 Å². The molecule has 1 aromatic heterocycles. The number of hydrogen-bond acceptors (Lipinski definition) is 5. The van der Waals surface area contributed by atoms with Crippen LogP contribution in [0.1, 0.15) is 12.6 Å². The van der Waals surface area contributed by atoms with Crippen LogP contribution in [0.4, 0.5) is 0 Å². The molecule has 1 heterocycles. The van der Waals surface area contributed by atoms with Gasteiger partial charge in [0, 0.05) is 12.7 Å². The second-order valence-corrected chi connectivity index (χ2v) is 6.58. The lowest BCUT2D eigenvalue weighted by Gasteiger charge is -2.11. The molecule has 0 saturated heterocycles. The van der Waals surface area contributed by atoms with Gasteiger partial charge in [0.1, 0.15) is 16.7 Å². The summed E-state index contributed by atoms with van der Waals surface area (Å²) in [5, 5.41) is 8.59. The van der Waals surface area contributed by atoms with Crippen LogP contribution in [-0.2, 0) is 10.0 Å². The molecule has 0 bridgehead atoms. The molecule has 0 radical (unpaired) electrons. The molecule has 1 aromatic rings. The zero-order valence-corrected chi connectivity index (χ0v) is 11.9. The number of pyridine rings is 1. The second kappa shape index (κ2) is 6.73. The molecule has 0 fully saturated rings. The summed E-state index contributed by atoms with van der Waals surface area (Å²) in [6.45, 7) is 2.37. The van der Waals surface area contributed by atoms with Crippen molar-refractivity contribution in [3.05, 3.63) is 24.0 Å². The molecule has 7 heteroatoms. The SMILES string of the molecule is CSCC(C)CNS(=O)(=O)c1ccc(C#N)nc1. The first-order valence-corrected chi connectivity index (χ1v) is 8.22. The van der Waals surface area contributed by atoms with Crippen molar-refractivity contribution in [3.8, 4) is 6.07 Å². The van der Waals surface area contributed by atoms with Gasteiger partial charge in [-0.15, -0.1) is 0 Å². The highest BCUT2D eigenvalue weighted by Crippen LogP contribution is 2.09. The lowest BCUT2D eigenvalue weighted by Crippen LogP contribution is -2.29. The molecule has 0 amide bonds. The third kappa shape index (κ3) is 4.29. The van der Waals surface area contributed by atoms with E-state index in [1.807, 2.05) is 19.2 Å². The molecule has 0 aliphatic heterocycles. The van der Waals surface area contributed by atoms with Crippen molar-refractivity contribution in [2.45, 2.75) is 11.8 Å². The molecule has 1 N–H and O–H groups in total. The fourth-order valence-corrected chi connectivity index (χ4v) is 3.08. The molecule has 98 valence electrons. The molecule has 1 atom stereocenters. The fourth-order valence-electron chi connectivity index (χ4n) is 1.28. The van der Waals surface area contributed by atoms with Crippen LogP contribution in [-0.4, -0.2) is 32.0 Å². The minimum absolute atomic E-state index is 0.0813. The van der Waals surface area contributed by atoms with Crippen LogP contribution in [0.5, 0.6) is 0 Å². The first-order chi connectivity index (χ1) is 8.49. The molecule has 0 aliphatic rings. The number of thioether (sulfide) groups is 1. The molecule has 0 saturated carbocycles. The Kier molecular flexibility index (Phi) is 5.59. The van der Waals surface area contributed by atoms with Gasteiger partial charge in [-0.25, -0.2) is 18.1 Å². The number of nitrogens with one attached hydrogen (secondary N) is 1. The topological polar surface area (TPSA) is 82.9 Å². The normalized spacial score (nSPS) is 12.9. The average molecular weight is 285 g/mol. The molecule has 18 heavy (non-hydrogen) atoms. The standard InChI is InChI=1S/C11H15N3O2S2/c1-9(8-17-2)6-14-18(15,16)11-4-3-10(5-12)13-7-11/h3-4,7,9,14H,6,8H2,1-2H3. The zero-order chi connectivity index (χ0) is 13.6. The fraction of sp³-hybridized carbons (Fsp3) is 0.455. The number of rotatable bonds is 6. The van der Waals surface area contributed by atoms with E-state index in [9.17, 15) is 8.42 Å². The van der Waals surface area contributed by atoms with Crippen LogP contribution in [0.25, 0.3) is 0 Å². The van der Waals surface area contributed by atoms with E-state index < -0.39 is 10.0 Å². The molecule has 0 spiro atoms. The van der Waals surface area contributed by atoms with E-state index in [2.05, 4.69) is 9.71 Å². The van der Waals surface area contributed by atoms with E-state index in [4.69, 9.17) is 5.26 Å². The predicted octanol–water partition coefficient (Wildman–Crippen LogP) is 1.23. The Labute approximate surface area is 112 Å². The van der Waals surface area contributed by atoms with Crippen LogP contribution in [0.3, 0.4) is 0 Å². The zero-order valence-electron chi connectivity index (χ0n) is 10.3. The van der Waals surface area contributed by atoms with E-state index in [0.29, 0.717) is 6.54 Å². The summed E-state index contributed by atoms with van der Waals surface area (Å²) in [4.78, 5) is 3.82. The van der Waals surface area contributed by atoms with Gasteiger partial charge in [0.2, 0.25) is 10.0 Å². The average Bonchev–Trinajstić information content (AvgIpc) is 2.37. The number of aromatic nitrogens is 1. The van der Waals surface area contributed by atoms with Gasteiger partial charge in [-0.3, -0.25) is 0 Å². The van der Waals surface area contributed by atoms with Crippen LogP contribution in [0.2, 0.25) is 0 Å². The summed E-state index contributed by atoms with van der Waals surface area (Å²) < 4.78 is 26.3. The van der Waals surface area contributed by atoms with Gasteiger partial charge >= 0.3 is 0 Å². The van der Waals surface area contributed by atoms with Crippen LogP contribution < -0.4 is 4.72 Å². The molecular formula is C11H15N3O2S2. The van der Waals surface area contributed by atoms with Gasteiger partial charge in [-0.2, -0.15) is 17.0 Å². The van der Waals surface area contributed by atoms with Gasteiger partial charge in [-0.1, -0.05) is 6.92 Å². The first-order valence-electron chi connectivity index (χ1n) is 5.34. The highest BCUT2D eigenvalue weighted by Gasteiger charge is 2.15. The Morgan fingerprint density at radius 1 is 1.56 bits per heavy atom. The van der Waals surface area contributed by atoms with Crippen LogP contribution >= 0.6 is 11.8 Å². The quantitative estimate of drug-likeness (QED) is 0.850. The van der Waals surface area contributed by atoms with E-state index in [0.717, 1.165) is 5.75 Å². The summed E-state index contributed by atoms with van der Waals surface area (Å²) >= 11 is 1.68. The predicted molar refractivity (Wildman–Crippen MR) is 71.7 cm³/mol. The maximum atomic E-state index is 11.9. The summed E-state index contributed by atoms with van der Waals surface area (Å²) in [7, 11) is -3.53. The van der Waals surface area contributed by atoms with Gasteiger partial charge < -0.3 is 0 Å². The van der Waals surface area contributed by atoms with Crippen molar-refractivity contribution in [1.82, 2.24) is 9.71 Å². The van der Waals surface area contributed by atoms with Crippen LogP contribution in [0, 0.1) is 17.2 Å². The van der Waals surface area contributed by atoms with E-state index >= 15 is 0 Å². The monoisotopic (exact) mass is 285 g/mol. The number of nitrogens with zero attached hydrogens (tertiary/aromatic N) is 2. The minimum atomic E-state index is -3.53. The molecule has 0 aliphatic carbocycles. The molecule has 1 rings (SSSR count). The van der Waals surface area contributed by atoms with E-state index in [1.165, 1.54) is 18.3 Å². The third-order valence-electron chi connectivity index (χ3n) is 2.23. The number of hydrogen-bond donors (Lipinski definition) is 1. The molecule has 0 aromatic carbocycles. The number of sulfonamides is 1. The maximum Gasteiger partial charge on any atom is 0.242 e. The highest BCUT2D eigenvalue weighted by molar-refractivity contribution is 7.98. The Morgan fingerprint density at radius 2 is 2.28 bits per heavy atom. The van der Waals surface area contributed by atoms with E-state index in [-0.39, 0.29) is 16.5 Å². The maximum absolute atomic E-state index is 11.9. The van der Waals surface area contributed by atoms with Crippen molar-refractivity contribution in [3.63, 3.8) is 0 Å². The van der Waals surface area contributed by atoms with Crippen LogP contribution in [0.15, 0.2) is 23.2 Å². The first kappa shape index (κ1) is 15.0. The third-order valence-corrected chi connectivity index (χ3v) is 4.55. The van der Waals surface area contributed by atoms with Crippen molar-refractivity contribution >= 4 is 21.8 Å². The Bertz CT molecular complexity index is 520. The smallest absolute Gasteiger partial charge is 0.242 e. The highest BCUT2D eigenvalue weighted by atomic mass is 32.2. The second-order valence-electron chi connectivity index (χ2n) is 3.90. The van der Waals surface area contributed by atoms with Gasteiger partial charge in [0.15, 0.2) is 0 Å².